The number of hydrogen-bond acceptors (Lipinski definition) is 4. The zero-order valence-electron chi connectivity index (χ0n) is 12.4. The first-order valence-corrected chi connectivity index (χ1v) is 7.23. The van der Waals surface area contributed by atoms with Crippen molar-refractivity contribution in [1.29, 1.82) is 0 Å². The van der Waals surface area contributed by atoms with E-state index < -0.39 is 0 Å². The van der Waals surface area contributed by atoms with Crippen molar-refractivity contribution in [3.8, 4) is 0 Å². The molecule has 2 rings (SSSR count). The molecule has 4 nitrogen and oxygen atoms in total. The molecule has 0 N–H and O–H groups in total. The number of benzene rings is 1. The standard InChI is InChI=1S/C16H23NO3/c1-4-19-16(18)15(14-8-6-5-7-9-14)17-10-12(2)20-13(3)11-17/h5-9,12-13,15H,4,10-11H2,1-3H3/t12-,13+,15?. The lowest BCUT2D eigenvalue weighted by Crippen LogP contribution is -2.49. The van der Waals surface area contributed by atoms with Crippen molar-refractivity contribution in [2.45, 2.75) is 39.0 Å². The molecular weight excluding hydrogens is 254 g/mol. The smallest absolute Gasteiger partial charge is 0.328 e. The molecule has 1 aromatic carbocycles. The van der Waals surface area contributed by atoms with Gasteiger partial charge in [0.1, 0.15) is 6.04 Å². The summed E-state index contributed by atoms with van der Waals surface area (Å²) < 4.78 is 11.0. The fourth-order valence-electron chi connectivity index (χ4n) is 2.78. The first-order valence-electron chi connectivity index (χ1n) is 7.23. The molecule has 3 atom stereocenters. The van der Waals surface area contributed by atoms with E-state index in [-0.39, 0.29) is 24.2 Å². The average Bonchev–Trinajstić information content (AvgIpc) is 2.39. The van der Waals surface area contributed by atoms with E-state index in [1.165, 1.54) is 0 Å². The monoisotopic (exact) mass is 277 g/mol. The number of esters is 1. The maximum absolute atomic E-state index is 12.4. The summed E-state index contributed by atoms with van der Waals surface area (Å²) in [5.41, 5.74) is 0.979. The van der Waals surface area contributed by atoms with Crippen molar-refractivity contribution in [2.75, 3.05) is 19.7 Å². The van der Waals surface area contributed by atoms with Crippen LogP contribution < -0.4 is 0 Å². The number of carbonyl (C=O) groups is 1. The Morgan fingerprint density at radius 1 is 1.30 bits per heavy atom. The third-order valence-electron chi connectivity index (χ3n) is 3.44. The van der Waals surface area contributed by atoms with E-state index >= 15 is 0 Å². The molecule has 110 valence electrons. The fourth-order valence-corrected chi connectivity index (χ4v) is 2.78. The molecule has 1 unspecified atom stereocenters. The van der Waals surface area contributed by atoms with Crippen molar-refractivity contribution in [3.63, 3.8) is 0 Å². The molecule has 1 aromatic rings. The van der Waals surface area contributed by atoms with Crippen LogP contribution in [0.4, 0.5) is 0 Å². The zero-order valence-corrected chi connectivity index (χ0v) is 12.4. The Bertz CT molecular complexity index is 425. The molecule has 1 aliphatic heterocycles. The van der Waals surface area contributed by atoms with Gasteiger partial charge in [-0.25, -0.2) is 4.79 Å². The normalized spacial score (nSPS) is 25.1. The lowest BCUT2D eigenvalue weighted by Gasteiger charge is -2.39. The van der Waals surface area contributed by atoms with Crippen molar-refractivity contribution in [2.24, 2.45) is 0 Å². The molecule has 0 spiro atoms. The Morgan fingerprint density at radius 2 is 1.90 bits per heavy atom. The van der Waals surface area contributed by atoms with Gasteiger partial charge < -0.3 is 9.47 Å². The highest BCUT2D eigenvalue weighted by Gasteiger charge is 2.34. The first-order chi connectivity index (χ1) is 9.61. The van der Waals surface area contributed by atoms with E-state index in [0.717, 1.165) is 18.7 Å². The highest BCUT2D eigenvalue weighted by Crippen LogP contribution is 2.26. The van der Waals surface area contributed by atoms with Crippen molar-refractivity contribution in [1.82, 2.24) is 4.90 Å². The van der Waals surface area contributed by atoms with Gasteiger partial charge in [-0.05, 0) is 26.3 Å². The summed E-state index contributed by atoms with van der Waals surface area (Å²) in [5, 5.41) is 0. The summed E-state index contributed by atoms with van der Waals surface area (Å²) in [6.45, 7) is 7.79. The summed E-state index contributed by atoms with van der Waals surface area (Å²) in [7, 11) is 0. The predicted octanol–water partition coefficient (Wildman–Crippen LogP) is 2.40. The van der Waals surface area contributed by atoms with E-state index in [9.17, 15) is 4.79 Å². The van der Waals surface area contributed by atoms with Crippen LogP contribution in [0.5, 0.6) is 0 Å². The number of rotatable bonds is 4. The molecule has 0 amide bonds. The quantitative estimate of drug-likeness (QED) is 0.792. The van der Waals surface area contributed by atoms with Crippen molar-refractivity contribution < 1.29 is 14.3 Å². The molecule has 1 aliphatic rings. The zero-order chi connectivity index (χ0) is 14.5. The lowest BCUT2D eigenvalue weighted by atomic mass is 10.0. The van der Waals surface area contributed by atoms with Crippen LogP contribution in [0.3, 0.4) is 0 Å². The molecule has 0 radical (unpaired) electrons. The molecule has 4 heteroatoms. The number of carbonyl (C=O) groups excluding carboxylic acids is 1. The molecule has 20 heavy (non-hydrogen) atoms. The Balaban J connectivity index is 2.24. The second-order valence-electron chi connectivity index (χ2n) is 5.28. The van der Waals surface area contributed by atoms with Gasteiger partial charge in [0.25, 0.3) is 0 Å². The van der Waals surface area contributed by atoms with E-state index in [0.29, 0.717) is 6.61 Å². The van der Waals surface area contributed by atoms with Gasteiger partial charge in [0.2, 0.25) is 0 Å². The van der Waals surface area contributed by atoms with E-state index in [2.05, 4.69) is 4.90 Å². The first kappa shape index (κ1) is 15.0. The summed E-state index contributed by atoms with van der Waals surface area (Å²) >= 11 is 0. The number of ether oxygens (including phenoxy) is 2. The number of hydrogen-bond donors (Lipinski definition) is 0. The van der Waals surface area contributed by atoms with E-state index in [1.807, 2.05) is 51.1 Å². The van der Waals surface area contributed by atoms with Crippen LogP contribution in [0.25, 0.3) is 0 Å². The van der Waals surface area contributed by atoms with Crippen LogP contribution in [-0.4, -0.2) is 42.8 Å². The second kappa shape index (κ2) is 6.86. The van der Waals surface area contributed by atoms with E-state index in [4.69, 9.17) is 9.47 Å². The van der Waals surface area contributed by atoms with Gasteiger partial charge in [0.15, 0.2) is 0 Å². The minimum Gasteiger partial charge on any atom is -0.465 e. The maximum Gasteiger partial charge on any atom is 0.328 e. The second-order valence-corrected chi connectivity index (χ2v) is 5.28. The highest BCUT2D eigenvalue weighted by molar-refractivity contribution is 5.77. The summed E-state index contributed by atoms with van der Waals surface area (Å²) in [4.78, 5) is 14.5. The molecule has 0 aliphatic carbocycles. The van der Waals surface area contributed by atoms with Gasteiger partial charge in [-0.1, -0.05) is 30.3 Å². The highest BCUT2D eigenvalue weighted by atomic mass is 16.5. The number of nitrogens with zero attached hydrogens (tertiary/aromatic N) is 1. The number of morpholine rings is 1. The van der Waals surface area contributed by atoms with Gasteiger partial charge in [-0.3, -0.25) is 4.90 Å². The largest absolute Gasteiger partial charge is 0.465 e. The van der Waals surface area contributed by atoms with Crippen LogP contribution in [0.2, 0.25) is 0 Å². The Kier molecular flexibility index (Phi) is 5.15. The van der Waals surface area contributed by atoms with Crippen LogP contribution in [-0.2, 0) is 14.3 Å². The molecule has 1 fully saturated rings. The third kappa shape index (κ3) is 3.58. The van der Waals surface area contributed by atoms with Gasteiger partial charge in [0, 0.05) is 13.1 Å². The minimum absolute atomic E-state index is 0.124. The van der Waals surface area contributed by atoms with Crippen molar-refractivity contribution in [3.05, 3.63) is 35.9 Å². The Morgan fingerprint density at radius 3 is 2.45 bits per heavy atom. The van der Waals surface area contributed by atoms with Gasteiger partial charge in [0.05, 0.1) is 18.8 Å². The molecule has 0 saturated carbocycles. The summed E-state index contributed by atoms with van der Waals surface area (Å²) in [6, 6.07) is 9.48. The van der Waals surface area contributed by atoms with Crippen LogP contribution >= 0.6 is 0 Å². The van der Waals surface area contributed by atoms with Gasteiger partial charge in [-0.2, -0.15) is 0 Å². The van der Waals surface area contributed by atoms with Gasteiger partial charge >= 0.3 is 5.97 Å². The third-order valence-corrected chi connectivity index (χ3v) is 3.44. The molecule has 1 heterocycles. The predicted molar refractivity (Wildman–Crippen MR) is 77.4 cm³/mol. The summed E-state index contributed by atoms with van der Waals surface area (Å²) in [5.74, 6) is -0.181. The van der Waals surface area contributed by atoms with Crippen LogP contribution in [0.1, 0.15) is 32.4 Å². The Hall–Kier alpha value is -1.39. The fraction of sp³-hybridized carbons (Fsp3) is 0.562. The van der Waals surface area contributed by atoms with Crippen LogP contribution in [0.15, 0.2) is 30.3 Å². The Labute approximate surface area is 120 Å². The average molecular weight is 277 g/mol. The molecule has 0 bridgehead atoms. The SMILES string of the molecule is CCOC(=O)C(c1ccccc1)N1C[C@@H](C)O[C@@H](C)C1. The summed E-state index contributed by atoms with van der Waals surface area (Å²) in [6.07, 6.45) is 0.249. The van der Waals surface area contributed by atoms with Crippen molar-refractivity contribution >= 4 is 5.97 Å². The molecule has 1 saturated heterocycles. The minimum atomic E-state index is -0.343. The maximum atomic E-state index is 12.4. The topological polar surface area (TPSA) is 38.8 Å². The molecular formula is C16H23NO3. The van der Waals surface area contributed by atoms with E-state index in [1.54, 1.807) is 0 Å². The lowest BCUT2D eigenvalue weighted by molar-refractivity contribution is -0.155. The molecule has 0 aromatic heterocycles. The van der Waals surface area contributed by atoms with Gasteiger partial charge in [-0.15, -0.1) is 0 Å². The van der Waals surface area contributed by atoms with Crippen LogP contribution in [0, 0.1) is 0 Å².